The lowest BCUT2D eigenvalue weighted by Gasteiger charge is -2.57. The number of benzene rings is 3. The van der Waals surface area contributed by atoms with E-state index in [0.717, 1.165) is 110 Å². The van der Waals surface area contributed by atoms with E-state index in [0.29, 0.717) is 123 Å². The highest BCUT2D eigenvalue weighted by molar-refractivity contribution is 7.92. The first-order valence-electron chi connectivity index (χ1n) is 37.7. The monoisotopic (exact) mass is 1590 g/mol. The molecule has 6 heterocycles. The zero-order chi connectivity index (χ0) is 76.0. The van der Waals surface area contributed by atoms with Crippen LogP contribution >= 0.6 is 34.0 Å². The van der Waals surface area contributed by atoms with E-state index >= 15 is 0 Å². The van der Waals surface area contributed by atoms with Crippen molar-refractivity contribution in [1.29, 1.82) is 0 Å². The molecule has 6 aromatic rings. The summed E-state index contributed by atoms with van der Waals surface area (Å²) < 4.78 is 117. The van der Waals surface area contributed by atoms with E-state index in [-0.39, 0.29) is 49.7 Å². The molecule has 3 aromatic carbocycles. The molecule has 3 saturated heterocycles. The smallest absolute Gasteiger partial charge is 0.252 e. The van der Waals surface area contributed by atoms with Crippen molar-refractivity contribution in [2.75, 3.05) is 107 Å². The Hall–Kier alpha value is -5.94. The molecule has 4 saturated carbocycles. The van der Waals surface area contributed by atoms with Gasteiger partial charge in [-0.1, -0.05) is 25.1 Å². The highest BCUT2D eigenvalue weighted by atomic mass is 32.3. The van der Waals surface area contributed by atoms with Gasteiger partial charge in [0.05, 0.1) is 47.6 Å². The SMILES string of the molecule is CCCOCCNC1CCN(S(=O)(=O)c2ccc(CNC(=O)c3cccc(OC)c3)s2)CC1.CCOC(CCNC1CCN(S(=O)(=O)c2ccc(CNC(=O)c3cccc(OC)c3)s2)CC1)OCC.COc1cccc(C(=O)NCc2ccc(S(=O)(=O)N3CCC(NCC45CC6CC(CC(C6)C4)C5)CC3)s2)c1. The van der Waals surface area contributed by atoms with Gasteiger partial charge in [0.15, 0.2) is 6.29 Å². The third-order valence-electron chi connectivity index (χ3n) is 20.8. The van der Waals surface area contributed by atoms with Crippen LogP contribution in [0.25, 0.3) is 0 Å². The molecule has 3 aliphatic heterocycles. The molecule has 13 rings (SSSR count). The normalized spacial score (nSPS) is 20.4. The number of nitrogens with one attached hydrogen (secondary N) is 6. The van der Waals surface area contributed by atoms with Gasteiger partial charge >= 0.3 is 0 Å². The standard InChI is InChI=1S/C29H39N3O4S2.C25H37N3O6S2.C23H33N3O5S2/c1-36-25-4-2-3-23(14-25)28(33)30-18-26-5-6-27(37-26)38(34,35)32-9-7-24(8-10-32)31-19-29-15-20-11-21(16-29)13-22(12-20)17-29;1-4-33-23(34-5-2)11-14-26-20-12-15-28(16-13-20)36(30,31)24-10-9-22(35-24)18-27-25(29)19-7-6-8-21(17-19)32-3;1-3-14-31-15-11-24-19-9-12-26(13-10-19)33(28,29)22-8-7-21(32-22)17-25-23(27)18-5-4-6-20(16-18)30-2/h2-6,14,20-22,24,31H,7-13,15-19H2,1H3,(H,30,33);6-10,17,20,23,26H,4-5,11-16,18H2,1-3H3,(H,27,29);4-8,16,19,24H,3,9-15,17H2,1-2H3,(H,25,27). The van der Waals surface area contributed by atoms with Crippen LogP contribution < -0.4 is 46.1 Å². The van der Waals surface area contributed by atoms with Crippen molar-refractivity contribution in [3.05, 3.63) is 141 Å². The zero-order valence-corrected chi connectivity index (χ0v) is 67.5. The third kappa shape index (κ3) is 23.6. The summed E-state index contributed by atoms with van der Waals surface area (Å²) in [6.45, 7) is 15.2. The summed E-state index contributed by atoms with van der Waals surface area (Å²) in [6.07, 6.45) is 15.0. The molecule has 7 fully saturated rings. The van der Waals surface area contributed by atoms with Gasteiger partial charge in [0.25, 0.3) is 47.8 Å². The fourth-order valence-electron chi connectivity index (χ4n) is 15.6. The lowest BCUT2D eigenvalue weighted by atomic mass is 9.49. The minimum absolute atomic E-state index is 0.207. The Labute approximate surface area is 645 Å². The Kier molecular flexibility index (Phi) is 31.5. The van der Waals surface area contributed by atoms with Gasteiger partial charge in [0.1, 0.15) is 29.9 Å². The Morgan fingerprint density at radius 3 is 1.15 bits per heavy atom. The van der Waals surface area contributed by atoms with Crippen LogP contribution in [0.3, 0.4) is 0 Å². The molecule has 3 aromatic heterocycles. The second-order valence-corrected chi connectivity index (χ2v) is 38.4. The maximum Gasteiger partial charge on any atom is 0.252 e. The maximum atomic E-state index is 13.3. The predicted molar refractivity (Wildman–Crippen MR) is 418 cm³/mol. The van der Waals surface area contributed by atoms with Crippen LogP contribution in [0.4, 0.5) is 0 Å². The summed E-state index contributed by atoms with van der Waals surface area (Å²) in [5.74, 6) is 4.01. The van der Waals surface area contributed by atoms with Crippen molar-refractivity contribution in [1.82, 2.24) is 44.8 Å². The fraction of sp³-hybridized carbons (Fsp3) is 0.571. The summed E-state index contributed by atoms with van der Waals surface area (Å²) in [4.78, 5) is 39.7. The summed E-state index contributed by atoms with van der Waals surface area (Å²) in [5.41, 5.74) is 2.00. The number of methoxy groups -OCH3 is 3. The molecular weight excluding hydrogens is 1480 g/mol. The first-order valence-corrected chi connectivity index (χ1v) is 44.4. The number of hydrogen-bond acceptors (Lipinski definition) is 21. The minimum Gasteiger partial charge on any atom is -0.497 e. The molecule has 4 aliphatic carbocycles. The number of carbonyl (C=O) groups excluding carboxylic acids is 3. The van der Waals surface area contributed by atoms with Gasteiger partial charge in [-0.05, 0) is 211 Å². The largest absolute Gasteiger partial charge is 0.497 e. The van der Waals surface area contributed by atoms with E-state index in [1.54, 1.807) is 143 Å². The summed E-state index contributed by atoms with van der Waals surface area (Å²) >= 11 is 3.63. The summed E-state index contributed by atoms with van der Waals surface area (Å²) in [6, 6.07) is 32.0. The van der Waals surface area contributed by atoms with Gasteiger partial charge in [-0.25, -0.2) is 25.3 Å². The van der Waals surface area contributed by atoms with Crippen LogP contribution in [0.1, 0.15) is 156 Å². The molecule has 107 heavy (non-hydrogen) atoms. The molecule has 7 aliphatic rings. The fourth-order valence-corrected chi connectivity index (χ4v) is 24.4. The lowest BCUT2D eigenvalue weighted by Crippen LogP contribution is -2.53. The van der Waals surface area contributed by atoms with Crippen LogP contribution in [-0.4, -0.2) is 187 Å². The molecule has 6 N–H and O–H groups in total. The Balaban J connectivity index is 0.000000172. The summed E-state index contributed by atoms with van der Waals surface area (Å²) in [5, 5.41) is 19.4. The van der Waals surface area contributed by atoms with Crippen molar-refractivity contribution in [2.45, 2.75) is 167 Å². The molecule has 3 amide bonds. The zero-order valence-electron chi connectivity index (χ0n) is 62.6. The van der Waals surface area contributed by atoms with Gasteiger partial charge in [-0.3, -0.25) is 14.4 Å². The van der Waals surface area contributed by atoms with E-state index in [4.69, 9.17) is 28.4 Å². The van der Waals surface area contributed by atoms with Gasteiger partial charge in [-0.15, -0.1) is 34.0 Å². The number of nitrogens with zero attached hydrogens (tertiary/aromatic N) is 3. The number of sulfonamides is 3. The van der Waals surface area contributed by atoms with Crippen molar-refractivity contribution in [3.8, 4) is 17.2 Å². The minimum atomic E-state index is -3.56. The van der Waals surface area contributed by atoms with E-state index in [1.807, 2.05) is 13.8 Å². The highest BCUT2D eigenvalue weighted by Gasteiger charge is 2.51. The Bertz CT molecular complexity index is 4130. The lowest BCUT2D eigenvalue weighted by molar-refractivity contribution is -0.138. The van der Waals surface area contributed by atoms with Crippen molar-refractivity contribution >= 4 is 81.8 Å². The average Bonchev–Trinajstić information content (AvgIpc) is 1.61. The summed E-state index contributed by atoms with van der Waals surface area (Å²) in [7, 11) is -5.95. The van der Waals surface area contributed by atoms with Gasteiger partial charge in [0.2, 0.25) is 0 Å². The van der Waals surface area contributed by atoms with Gasteiger partial charge in [-0.2, -0.15) is 12.9 Å². The second-order valence-electron chi connectivity index (χ2n) is 28.4. The van der Waals surface area contributed by atoms with Crippen LogP contribution in [0.2, 0.25) is 0 Å². The number of amides is 3. The first-order chi connectivity index (χ1) is 51.6. The second kappa shape index (κ2) is 40.3. The molecule has 24 nitrogen and oxygen atoms in total. The number of rotatable bonds is 35. The predicted octanol–water partition coefficient (Wildman–Crippen LogP) is 10.7. The van der Waals surface area contributed by atoms with Gasteiger partial charge < -0.3 is 60.3 Å². The van der Waals surface area contributed by atoms with E-state index in [2.05, 4.69) is 38.8 Å². The average molecular weight is 1590 g/mol. The van der Waals surface area contributed by atoms with E-state index in [1.165, 1.54) is 72.5 Å². The topological polar surface area (TPSA) is 291 Å². The van der Waals surface area contributed by atoms with Crippen molar-refractivity contribution in [3.63, 3.8) is 0 Å². The number of ether oxygens (including phenoxy) is 6. The molecule has 4 bridgehead atoms. The third-order valence-corrected chi connectivity index (χ3v) is 31.2. The van der Waals surface area contributed by atoms with Crippen LogP contribution in [0.15, 0.2) is 122 Å². The number of thiophene rings is 3. The quantitative estimate of drug-likeness (QED) is 0.0159. The van der Waals surface area contributed by atoms with Crippen LogP contribution in [-0.2, 0) is 63.9 Å². The molecule has 0 unspecified atom stereocenters. The van der Waals surface area contributed by atoms with Crippen LogP contribution in [0.5, 0.6) is 17.2 Å². The van der Waals surface area contributed by atoms with Crippen LogP contribution in [0, 0.1) is 23.2 Å². The molecule has 0 spiro atoms. The Morgan fingerprint density at radius 2 is 0.813 bits per heavy atom. The van der Waals surface area contributed by atoms with Crippen molar-refractivity contribution < 1.29 is 68.1 Å². The number of carbonyl (C=O) groups is 3. The van der Waals surface area contributed by atoms with E-state index < -0.39 is 30.1 Å². The van der Waals surface area contributed by atoms with E-state index in [9.17, 15) is 39.6 Å². The van der Waals surface area contributed by atoms with Gasteiger partial charge in [0, 0.05) is 135 Å². The molecule has 0 radical (unpaired) electrons. The maximum absolute atomic E-state index is 13.3. The number of hydrogen-bond donors (Lipinski definition) is 6. The van der Waals surface area contributed by atoms with Crippen molar-refractivity contribution in [2.24, 2.45) is 23.2 Å². The molecule has 30 heteroatoms. The number of piperidine rings is 3. The molecule has 588 valence electrons. The molecule has 0 atom stereocenters. The Morgan fingerprint density at radius 1 is 0.467 bits per heavy atom. The first kappa shape index (κ1) is 83.5. The molecular formula is C77H109N9O15S6. The highest BCUT2D eigenvalue weighted by Crippen LogP contribution is 2.60.